The summed E-state index contributed by atoms with van der Waals surface area (Å²) in [6, 6.07) is -1.01. The highest BCUT2D eigenvalue weighted by Crippen LogP contribution is 2.15. The van der Waals surface area contributed by atoms with Crippen molar-refractivity contribution in [3.8, 4) is 0 Å². The molecule has 0 spiro atoms. The Balaban J connectivity index is 3.76. The maximum atomic E-state index is 12.5. The van der Waals surface area contributed by atoms with E-state index < -0.39 is 36.9 Å². The standard InChI is InChI=1S/C51H95NO5/c1-3-5-7-9-11-13-15-17-19-20-21-22-23-24-25-26-27-28-29-30-31-33-34-36-38-40-42-44-48(54)50(56)47(46-53)52-51(57)49(55)45-43-41-39-37-35-32-18-16-14-12-10-8-6-4-2/h14,16,26-27,30-31,36,38,47-50,53-56H,3-13,15,17-25,28-29,32-35,37,39-46H2,1-2H3,(H,52,57)/b16-14-,27-26+,31-30+,38-36+. The Morgan fingerprint density at radius 2 is 0.737 bits per heavy atom. The SMILES string of the molecule is CCCCCC/C=C\CCCCCCCCC(O)C(=O)NC(CO)C(O)C(O)CCC/C=C/CC/C=C/CC/C=C/CCCCCCCCCCCCCCCC. The average molecular weight is 802 g/mol. The maximum absolute atomic E-state index is 12.5. The van der Waals surface area contributed by atoms with E-state index in [9.17, 15) is 25.2 Å². The van der Waals surface area contributed by atoms with Crippen LogP contribution >= 0.6 is 0 Å². The fourth-order valence-corrected chi connectivity index (χ4v) is 7.31. The highest BCUT2D eigenvalue weighted by molar-refractivity contribution is 5.80. The Bertz CT molecular complexity index is 946. The van der Waals surface area contributed by atoms with Crippen LogP contribution in [-0.4, -0.2) is 57.3 Å². The molecule has 0 aliphatic carbocycles. The van der Waals surface area contributed by atoms with E-state index in [1.54, 1.807) is 0 Å². The van der Waals surface area contributed by atoms with Crippen molar-refractivity contribution < 1.29 is 25.2 Å². The van der Waals surface area contributed by atoms with Gasteiger partial charge in [-0.15, -0.1) is 0 Å². The lowest BCUT2D eigenvalue weighted by Gasteiger charge is -2.27. The number of aliphatic hydroxyl groups excluding tert-OH is 4. The molecule has 0 fully saturated rings. The second kappa shape index (κ2) is 45.4. The Labute approximate surface area is 353 Å². The normalized spacial score (nSPS) is 14.4. The number of hydrogen-bond acceptors (Lipinski definition) is 5. The zero-order valence-electron chi connectivity index (χ0n) is 37.6. The highest BCUT2D eigenvalue weighted by atomic mass is 16.3. The van der Waals surface area contributed by atoms with Crippen molar-refractivity contribution in [3.63, 3.8) is 0 Å². The van der Waals surface area contributed by atoms with E-state index in [0.717, 1.165) is 64.2 Å². The Morgan fingerprint density at radius 3 is 1.12 bits per heavy atom. The predicted molar refractivity (Wildman–Crippen MR) is 247 cm³/mol. The van der Waals surface area contributed by atoms with Gasteiger partial charge in [0.05, 0.1) is 18.8 Å². The molecule has 0 saturated carbocycles. The first-order valence-corrected chi connectivity index (χ1v) is 24.5. The molecule has 0 heterocycles. The van der Waals surface area contributed by atoms with Gasteiger partial charge in [0.15, 0.2) is 0 Å². The monoisotopic (exact) mass is 802 g/mol. The van der Waals surface area contributed by atoms with Gasteiger partial charge in [-0.25, -0.2) is 0 Å². The summed E-state index contributed by atoms with van der Waals surface area (Å²) in [5.41, 5.74) is 0. The first-order valence-electron chi connectivity index (χ1n) is 24.5. The number of carbonyl (C=O) groups is 1. The molecular weight excluding hydrogens is 707 g/mol. The quantitative estimate of drug-likeness (QED) is 0.0311. The van der Waals surface area contributed by atoms with Gasteiger partial charge in [-0.3, -0.25) is 4.79 Å². The number of rotatable bonds is 44. The van der Waals surface area contributed by atoms with Crippen LogP contribution in [0.4, 0.5) is 0 Å². The van der Waals surface area contributed by atoms with Crippen LogP contribution in [0.3, 0.4) is 0 Å². The van der Waals surface area contributed by atoms with Crippen LogP contribution in [0.15, 0.2) is 48.6 Å². The molecule has 57 heavy (non-hydrogen) atoms. The number of carbonyl (C=O) groups excluding carboxylic acids is 1. The van der Waals surface area contributed by atoms with Crippen molar-refractivity contribution in [2.24, 2.45) is 0 Å². The smallest absolute Gasteiger partial charge is 0.249 e. The molecule has 0 aromatic carbocycles. The van der Waals surface area contributed by atoms with Crippen LogP contribution < -0.4 is 5.32 Å². The molecule has 4 atom stereocenters. The molecule has 0 aliphatic rings. The number of unbranched alkanes of at least 4 members (excludes halogenated alkanes) is 27. The summed E-state index contributed by atoms with van der Waals surface area (Å²) in [5, 5.41) is 43.7. The van der Waals surface area contributed by atoms with Gasteiger partial charge in [-0.1, -0.05) is 197 Å². The zero-order chi connectivity index (χ0) is 41.7. The summed E-state index contributed by atoms with van der Waals surface area (Å²) in [4.78, 5) is 12.5. The second-order valence-electron chi connectivity index (χ2n) is 16.8. The summed E-state index contributed by atoms with van der Waals surface area (Å²) in [6.45, 7) is 4.02. The van der Waals surface area contributed by atoms with Crippen LogP contribution in [0.25, 0.3) is 0 Å². The van der Waals surface area contributed by atoms with E-state index in [1.165, 1.54) is 141 Å². The third-order valence-corrected chi connectivity index (χ3v) is 11.2. The van der Waals surface area contributed by atoms with Crippen molar-refractivity contribution in [1.29, 1.82) is 0 Å². The van der Waals surface area contributed by atoms with Gasteiger partial charge in [0.2, 0.25) is 5.91 Å². The Morgan fingerprint density at radius 1 is 0.421 bits per heavy atom. The molecular formula is C51H95NO5. The predicted octanol–water partition coefficient (Wildman–Crippen LogP) is 13.5. The summed E-state index contributed by atoms with van der Waals surface area (Å²) >= 11 is 0. The molecule has 0 rings (SSSR count). The highest BCUT2D eigenvalue weighted by Gasteiger charge is 2.28. The molecule has 0 radical (unpaired) electrons. The Hall–Kier alpha value is -1.73. The van der Waals surface area contributed by atoms with Crippen molar-refractivity contribution >= 4 is 5.91 Å². The molecule has 0 aromatic rings. The summed E-state index contributed by atoms with van der Waals surface area (Å²) in [6.07, 6.45) is 55.9. The number of amides is 1. The molecule has 0 aromatic heterocycles. The number of aliphatic hydroxyl groups is 4. The van der Waals surface area contributed by atoms with Crippen molar-refractivity contribution in [2.45, 2.75) is 263 Å². The zero-order valence-corrected chi connectivity index (χ0v) is 37.6. The molecule has 6 heteroatoms. The lowest BCUT2D eigenvalue weighted by Crippen LogP contribution is -2.53. The van der Waals surface area contributed by atoms with E-state index in [1.807, 2.05) is 0 Å². The second-order valence-corrected chi connectivity index (χ2v) is 16.8. The molecule has 0 saturated heterocycles. The van der Waals surface area contributed by atoms with Crippen LogP contribution in [0.2, 0.25) is 0 Å². The minimum Gasteiger partial charge on any atom is -0.394 e. The fourth-order valence-electron chi connectivity index (χ4n) is 7.31. The first-order chi connectivity index (χ1) is 28.0. The third-order valence-electron chi connectivity index (χ3n) is 11.2. The largest absolute Gasteiger partial charge is 0.394 e. The summed E-state index contributed by atoms with van der Waals surface area (Å²) in [5.74, 6) is -0.606. The van der Waals surface area contributed by atoms with Gasteiger partial charge in [-0.2, -0.15) is 0 Å². The fraction of sp³-hybridized carbons (Fsp3) is 0.824. The molecule has 0 bridgehead atoms. The molecule has 6 nitrogen and oxygen atoms in total. The van der Waals surface area contributed by atoms with Gasteiger partial charge in [0, 0.05) is 0 Å². The molecule has 4 unspecified atom stereocenters. The molecule has 334 valence electrons. The van der Waals surface area contributed by atoms with E-state index in [-0.39, 0.29) is 0 Å². The maximum Gasteiger partial charge on any atom is 0.249 e. The van der Waals surface area contributed by atoms with E-state index in [4.69, 9.17) is 0 Å². The van der Waals surface area contributed by atoms with Crippen LogP contribution in [0.1, 0.15) is 239 Å². The molecule has 1 amide bonds. The Kier molecular flexibility index (Phi) is 44.0. The molecule has 5 N–H and O–H groups in total. The third kappa shape index (κ3) is 39.5. The van der Waals surface area contributed by atoms with E-state index in [2.05, 4.69) is 67.8 Å². The van der Waals surface area contributed by atoms with Gasteiger partial charge in [0.25, 0.3) is 0 Å². The minimum absolute atomic E-state index is 0.350. The van der Waals surface area contributed by atoms with Crippen molar-refractivity contribution in [2.75, 3.05) is 6.61 Å². The first kappa shape index (κ1) is 55.3. The van der Waals surface area contributed by atoms with Crippen molar-refractivity contribution in [1.82, 2.24) is 5.32 Å². The van der Waals surface area contributed by atoms with Crippen molar-refractivity contribution in [3.05, 3.63) is 48.6 Å². The minimum atomic E-state index is -1.30. The lowest BCUT2D eigenvalue weighted by atomic mass is 10.00. The van der Waals surface area contributed by atoms with E-state index >= 15 is 0 Å². The number of nitrogens with one attached hydrogen (secondary N) is 1. The lowest BCUT2D eigenvalue weighted by molar-refractivity contribution is -0.132. The van der Waals surface area contributed by atoms with Gasteiger partial charge >= 0.3 is 0 Å². The topological polar surface area (TPSA) is 110 Å². The van der Waals surface area contributed by atoms with Crippen LogP contribution in [0, 0.1) is 0 Å². The van der Waals surface area contributed by atoms with Gasteiger partial charge in [-0.05, 0) is 89.9 Å². The van der Waals surface area contributed by atoms with Crippen LogP contribution in [-0.2, 0) is 4.79 Å². The molecule has 0 aliphatic heterocycles. The summed E-state index contributed by atoms with van der Waals surface area (Å²) < 4.78 is 0. The number of hydrogen-bond donors (Lipinski definition) is 5. The average Bonchev–Trinajstić information content (AvgIpc) is 3.22. The van der Waals surface area contributed by atoms with E-state index in [0.29, 0.717) is 19.3 Å². The van der Waals surface area contributed by atoms with Crippen LogP contribution in [0.5, 0.6) is 0 Å². The van der Waals surface area contributed by atoms with Gasteiger partial charge in [0.1, 0.15) is 12.2 Å². The number of allylic oxidation sites excluding steroid dienone is 8. The van der Waals surface area contributed by atoms with Gasteiger partial charge < -0.3 is 25.7 Å². The summed E-state index contributed by atoms with van der Waals surface area (Å²) in [7, 11) is 0.